The number of anilines is 1. The maximum Gasteiger partial charge on any atom is 0.121 e. The Labute approximate surface area is 172 Å². The molecule has 1 atom stereocenters. The van der Waals surface area contributed by atoms with Crippen molar-refractivity contribution in [2.24, 2.45) is 5.92 Å². The van der Waals surface area contributed by atoms with E-state index in [9.17, 15) is 0 Å². The predicted octanol–water partition coefficient (Wildman–Crippen LogP) is 4.35. The largest absolute Gasteiger partial charge is 0.497 e. The normalized spacial score (nSPS) is 16.4. The molecule has 5 nitrogen and oxygen atoms in total. The Morgan fingerprint density at radius 1 is 1.10 bits per heavy atom. The first-order valence-electron chi connectivity index (χ1n) is 10.3. The molecule has 0 bridgehead atoms. The van der Waals surface area contributed by atoms with Gasteiger partial charge >= 0.3 is 0 Å². The molecule has 152 valence electrons. The highest BCUT2D eigenvalue weighted by Crippen LogP contribution is 2.35. The van der Waals surface area contributed by atoms with Crippen LogP contribution in [0.1, 0.15) is 13.3 Å². The van der Waals surface area contributed by atoms with Crippen molar-refractivity contribution < 1.29 is 9.47 Å². The minimum Gasteiger partial charge on any atom is -0.497 e. The van der Waals surface area contributed by atoms with Gasteiger partial charge in [0.15, 0.2) is 0 Å². The third-order valence-electron chi connectivity index (χ3n) is 5.53. The number of hydrogen-bond acceptors (Lipinski definition) is 5. The average Bonchev–Trinajstić information content (AvgIpc) is 3.19. The monoisotopic (exact) mass is 391 g/mol. The van der Waals surface area contributed by atoms with Crippen molar-refractivity contribution in [3.05, 3.63) is 48.5 Å². The predicted molar refractivity (Wildman–Crippen MR) is 119 cm³/mol. The third kappa shape index (κ3) is 4.30. The Kier molecular flexibility index (Phi) is 5.86. The second kappa shape index (κ2) is 8.70. The maximum atomic E-state index is 5.75. The van der Waals surface area contributed by atoms with Gasteiger partial charge in [-0.05, 0) is 61.9 Å². The van der Waals surface area contributed by atoms with E-state index < -0.39 is 0 Å². The Hall–Kier alpha value is -2.79. The highest BCUT2D eigenvalue weighted by atomic mass is 16.5. The van der Waals surface area contributed by atoms with Crippen LogP contribution in [-0.2, 0) is 0 Å². The summed E-state index contributed by atoms with van der Waals surface area (Å²) in [7, 11) is 3.62. The van der Waals surface area contributed by atoms with Crippen LogP contribution < -0.4 is 19.7 Å². The van der Waals surface area contributed by atoms with Crippen molar-refractivity contribution in [2.75, 3.05) is 45.3 Å². The van der Waals surface area contributed by atoms with Crippen molar-refractivity contribution in [3.8, 4) is 22.8 Å². The van der Waals surface area contributed by atoms with Gasteiger partial charge in [-0.2, -0.15) is 0 Å². The summed E-state index contributed by atoms with van der Waals surface area (Å²) in [5.74, 6) is 2.42. The number of aromatic nitrogens is 1. The standard InChI is InChI=1S/C24H29N3O2/c1-17-10-12-27(16-17)24-15-22(26-23-14-20(28-3)8-9-21(23)24)18-4-6-19(7-5-18)29-13-11-25-2/h4-9,14-15,17,25H,10-13,16H2,1-3H3. The van der Waals surface area contributed by atoms with Gasteiger partial charge in [0.2, 0.25) is 0 Å². The number of rotatable bonds is 7. The summed E-state index contributed by atoms with van der Waals surface area (Å²) in [6.45, 7) is 5.97. The van der Waals surface area contributed by atoms with E-state index in [1.165, 1.54) is 17.5 Å². The first kappa shape index (κ1) is 19.5. The molecule has 2 heterocycles. The fourth-order valence-corrected chi connectivity index (χ4v) is 3.87. The van der Waals surface area contributed by atoms with E-state index in [0.717, 1.165) is 47.9 Å². The number of nitrogens with zero attached hydrogens (tertiary/aromatic N) is 2. The van der Waals surface area contributed by atoms with E-state index in [4.69, 9.17) is 14.5 Å². The van der Waals surface area contributed by atoms with Gasteiger partial charge in [-0.1, -0.05) is 6.92 Å². The van der Waals surface area contributed by atoms with E-state index in [0.29, 0.717) is 12.5 Å². The minimum atomic E-state index is 0.654. The Morgan fingerprint density at radius 3 is 2.59 bits per heavy atom. The van der Waals surface area contributed by atoms with Crippen LogP contribution in [0, 0.1) is 5.92 Å². The molecule has 1 aromatic heterocycles. The van der Waals surface area contributed by atoms with Gasteiger partial charge in [0, 0.05) is 42.3 Å². The lowest BCUT2D eigenvalue weighted by Gasteiger charge is -2.21. The van der Waals surface area contributed by atoms with Crippen LogP contribution in [0.15, 0.2) is 48.5 Å². The molecule has 1 unspecified atom stereocenters. The summed E-state index contributed by atoms with van der Waals surface area (Å²) >= 11 is 0. The highest BCUT2D eigenvalue weighted by Gasteiger charge is 2.22. The van der Waals surface area contributed by atoms with Gasteiger partial charge in [-0.15, -0.1) is 0 Å². The number of methoxy groups -OCH3 is 1. The van der Waals surface area contributed by atoms with E-state index in [-0.39, 0.29) is 0 Å². The molecule has 1 aliphatic heterocycles. The SMILES string of the molecule is CNCCOc1ccc(-c2cc(N3CCC(C)C3)c3ccc(OC)cc3n2)cc1. The molecule has 5 heteroatoms. The fourth-order valence-electron chi connectivity index (χ4n) is 3.87. The number of ether oxygens (including phenoxy) is 2. The topological polar surface area (TPSA) is 46.6 Å². The van der Waals surface area contributed by atoms with Crippen molar-refractivity contribution in [2.45, 2.75) is 13.3 Å². The van der Waals surface area contributed by atoms with E-state index in [1.54, 1.807) is 7.11 Å². The maximum absolute atomic E-state index is 5.75. The molecule has 0 spiro atoms. The molecule has 1 aliphatic rings. The van der Waals surface area contributed by atoms with Gasteiger partial charge < -0.3 is 19.7 Å². The van der Waals surface area contributed by atoms with Crippen LogP contribution in [0.25, 0.3) is 22.2 Å². The Balaban J connectivity index is 1.71. The van der Waals surface area contributed by atoms with Crippen molar-refractivity contribution in [1.29, 1.82) is 0 Å². The lowest BCUT2D eigenvalue weighted by molar-refractivity contribution is 0.318. The van der Waals surface area contributed by atoms with Gasteiger partial charge in [-0.25, -0.2) is 4.98 Å². The molecular formula is C24H29N3O2. The van der Waals surface area contributed by atoms with Crippen molar-refractivity contribution >= 4 is 16.6 Å². The highest BCUT2D eigenvalue weighted by molar-refractivity contribution is 5.95. The molecule has 4 rings (SSSR count). The first-order valence-corrected chi connectivity index (χ1v) is 10.3. The van der Waals surface area contributed by atoms with Crippen LogP contribution in [0.2, 0.25) is 0 Å². The van der Waals surface area contributed by atoms with E-state index in [1.807, 2.05) is 31.3 Å². The lowest BCUT2D eigenvalue weighted by atomic mass is 10.1. The fraction of sp³-hybridized carbons (Fsp3) is 0.375. The zero-order chi connectivity index (χ0) is 20.2. The summed E-state index contributed by atoms with van der Waals surface area (Å²) in [4.78, 5) is 7.44. The third-order valence-corrected chi connectivity index (χ3v) is 5.53. The van der Waals surface area contributed by atoms with Gasteiger partial charge in [0.1, 0.15) is 18.1 Å². The quantitative estimate of drug-likeness (QED) is 0.607. The number of pyridine rings is 1. The van der Waals surface area contributed by atoms with Crippen molar-refractivity contribution in [1.82, 2.24) is 10.3 Å². The van der Waals surface area contributed by atoms with Crippen LogP contribution >= 0.6 is 0 Å². The molecule has 29 heavy (non-hydrogen) atoms. The second-order valence-corrected chi connectivity index (χ2v) is 7.73. The molecule has 0 aliphatic carbocycles. The van der Waals surface area contributed by atoms with E-state index >= 15 is 0 Å². The molecule has 0 saturated carbocycles. The lowest BCUT2D eigenvalue weighted by Crippen LogP contribution is -2.19. The van der Waals surface area contributed by atoms with Crippen LogP contribution in [0.4, 0.5) is 5.69 Å². The molecule has 3 aromatic rings. The zero-order valence-corrected chi connectivity index (χ0v) is 17.4. The first-order chi connectivity index (χ1) is 14.2. The average molecular weight is 392 g/mol. The molecule has 0 amide bonds. The molecular weight excluding hydrogens is 362 g/mol. The van der Waals surface area contributed by atoms with Crippen LogP contribution in [0.3, 0.4) is 0 Å². The number of benzene rings is 2. The second-order valence-electron chi connectivity index (χ2n) is 7.73. The summed E-state index contributed by atoms with van der Waals surface area (Å²) in [6, 6.07) is 16.6. The summed E-state index contributed by atoms with van der Waals surface area (Å²) < 4.78 is 11.2. The molecule has 2 aromatic carbocycles. The van der Waals surface area contributed by atoms with E-state index in [2.05, 4.69) is 41.4 Å². The van der Waals surface area contributed by atoms with Gasteiger partial charge in [0.05, 0.1) is 18.3 Å². The molecule has 0 radical (unpaired) electrons. The van der Waals surface area contributed by atoms with Crippen LogP contribution in [-0.4, -0.2) is 45.4 Å². The van der Waals surface area contributed by atoms with Gasteiger partial charge in [0.25, 0.3) is 0 Å². The number of fused-ring (bicyclic) bond motifs is 1. The Bertz CT molecular complexity index is 972. The van der Waals surface area contributed by atoms with Crippen LogP contribution in [0.5, 0.6) is 11.5 Å². The number of hydrogen-bond donors (Lipinski definition) is 1. The smallest absolute Gasteiger partial charge is 0.121 e. The van der Waals surface area contributed by atoms with Crippen molar-refractivity contribution in [3.63, 3.8) is 0 Å². The molecule has 1 fully saturated rings. The molecule has 1 N–H and O–H groups in total. The summed E-state index contributed by atoms with van der Waals surface area (Å²) in [5, 5.41) is 4.26. The number of likely N-dealkylation sites (N-methyl/N-ethyl adjacent to an activating group) is 1. The zero-order valence-electron chi connectivity index (χ0n) is 17.4. The summed E-state index contributed by atoms with van der Waals surface area (Å²) in [5.41, 5.74) is 4.28. The molecule has 1 saturated heterocycles. The Morgan fingerprint density at radius 2 is 1.90 bits per heavy atom. The van der Waals surface area contributed by atoms with Gasteiger partial charge in [-0.3, -0.25) is 0 Å². The summed E-state index contributed by atoms with van der Waals surface area (Å²) in [6.07, 6.45) is 1.23. The number of nitrogens with one attached hydrogen (secondary N) is 1. The minimum absolute atomic E-state index is 0.654.